The Morgan fingerprint density at radius 2 is 1.43 bits per heavy atom. The Balaban J connectivity index is 1.88. The molecular formula is C22H26N2O4. The van der Waals surface area contributed by atoms with Crippen LogP contribution in [0.1, 0.15) is 42.7 Å². The second-order valence-electron chi connectivity index (χ2n) is 6.87. The van der Waals surface area contributed by atoms with Crippen molar-refractivity contribution in [2.45, 2.75) is 32.9 Å². The van der Waals surface area contributed by atoms with Gasteiger partial charge in [0.2, 0.25) is 0 Å². The van der Waals surface area contributed by atoms with Crippen LogP contribution in [-0.4, -0.2) is 30.4 Å². The van der Waals surface area contributed by atoms with Crippen LogP contribution in [0.2, 0.25) is 0 Å². The molecule has 2 atom stereocenters. The molecule has 2 rings (SSSR count). The van der Waals surface area contributed by atoms with E-state index >= 15 is 0 Å². The predicted octanol–water partition coefficient (Wildman–Crippen LogP) is 2.86. The summed E-state index contributed by atoms with van der Waals surface area (Å²) < 4.78 is 5.14. The van der Waals surface area contributed by atoms with E-state index in [0.29, 0.717) is 5.56 Å². The van der Waals surface area contributed by atoms with Crippen LogP contribution in [0.3, 0.4) is 0 Å². The van der Waals surface area contributed by atoms with E-state index in [1.54, 1.807) is 44.2 Å². The number of benzene rings is 2. The number of amides is 2. The molecule has 0 fully saturated rings. The number of hydrogen-bond acceptors (Lipinski definition) is 4. The summed E-state index contributed by atoms with van der Waals surface area (Å²) in [6, 6.07) is 17.1. The molecular weight excluding hydrogens is 356 g/mol. The van der Waals surface area contributed by atoms with Crippen molar-refractivity contribution in [1.29, 1.82) is 0 Å². The normalized spacial score (nSPS) is 12.7. The fourth-order valence-corrected chi connectivity index (χ4v) is 2.65. The van der Waals surface area contributed by atoms with Gasteiger partial charge in [-0.2, -0.15) is 0 Å². The summed E-state index contributed by atoms with van der Waals surface area (Å²) in [5.74, 6) is -1.59. The van der Waals surface area contributed by atoms with E-state index in [-0.39, 0.29) is 17.9 Å². The summed E-state index contributed by atoms with van der Waals surface area (Å²) in [5, 5.41) is 5.46. The number of nitrogens with one attached hydrogen (secondary N) is 2. The molecule has 0 aliphatic heterocycles. The first kappa shape index (κ1) is 21.2. The first-order valence-corrected chi connectivity index (χ1v) is 9.25. The molecule has 0 unspecified atom stereocenters. The lowest BCUT2D eigenvalue weighted by molar-refractivity contribution is -0.151. The molecule has 0 spiro atoms. The highest BCUT2D eigenvalue weighted by atomic mass is 16.5. The molecule has 0 radical (unpaired) electrons. The number of ether oxygens (including phenoxy) is 1. The number of carbonyl (C=O) groups is 3. The standard InChI is InChI=1S/C22H26N2O4/c1-15(2)20(24-21(26)18-12-8-5-9-13-18)22(27)28-14-19(25)23-16(3)17-10-6-4-7-11-17/h4-13,15-16,20H,14H2,1-3H3,(H,23,25)(H,24,26)/t16-,20-/m0/s1. The molecule has 0 aliphatic carbocycles. The van der Waals surface area contributed by atoms with Gasteiger partial charge in [0.1, 0.15) is 6.04 Å². The number of esters is 1. The van der Waals surface area contributed by atoms with Gasteiger partial charge < -0.3 is 15.4 Å². The quantitative estimate of drug-likeness (QED) is 0.688. The van der Waals surface area contributed by atoms with Crippen LogP contribution >= 0.6 is 0 Å². The Kier molecular flexibility index (Phi) is 7.75. The fourth-order valence-electron chi connectivity index (χ4n) is 2.65. The maximum absolute atomic E-state index is 12.4. The third kappa shape index (κ3) is 6.23. The van der Waals surface area contributed by atoms with Crippen LogP contribution in [0.15, 0.2) is 60.7 Å². The highest BCUT2D eigenvalue weighted by Gasteiger charge is 2.26. The molecule has 0 saturated heterocycles. The monoisotopic (exact) mass is 382 g/mol. The van der Waals surface area contributed by atoms with E-state index in [1.807, 2.05) is 37.3 Å². The van der Waals surface area contributed by atoms with Gasteiger partial charge in [-0.05, 0) is 30.5 Å². The van der Waals surface area contributed by atoms with Gasteiger partial charge in [-0.3, -0.25) is 9.59 Å². The van der Waals surface area contributed by atoms with Crippen LogP contribution in [0.5, 0.6) is 0 Å². The van der Waals surface area contributed by atoms with Crippen LogP contribution in [0, 0.1) is 5.92 Å². The van der Waals surface area contributed by atoms with Crippen molar-refractivity contribution < 1.29 is 19.1 Å². The van der Waals surface area contributed by atoms with Gasteiger partial charge in [0.15, 0.2) is 6.61 Å². The zero-order valence-corrected chi connectivity index (χ0v) is 16.3. The van der Waals surface area contributed by atoms with E-state index < -0.39 is 24.5 Å². The average molecular weight is 382 g/mol. The van der Waals surface area contributed by atoms with Crippen molar-refractivity contribution in [3.8, 4) is 0 Å². The Bertz CT molecular complexity index is 791. The lowest BCUT2D eigenvalue weighted by Gasteiger charge is -2.21. The molecule has 0 heterocycles. The lowest BCUT2D eigenvalue weighted by Crippen LogP contribution is -2.46. The Labute approximate surface area is 165 Å². The smallest absolute Gasteiger partial charge is 0.329 e. The first-order chi connectivity index (χ1) is 13.4. The maximum Gasteiger partial charge on any atom is 0.329 e. The topological polar surface area (TPSA) is 84.5 Å². The highest BCUT2D eigenvalue weighted by Crippen LogP contribution is 2.11. The summed E-state index contributed by atoms with van der Waals surface area (Å²) in [4.78, 5) is 36.8. The minimum absolute atomic E-state index is 0.188. The van der Waals surface area contributed by atoms with Crippen LogP contribution < -0.4 is 10.6 Å². The third-order valence-corrected chi connectivity index (χ3v) is 4.27. The number of carbonyl (C=O) groups excluding carboxylic acids is 3. The molecule has 2 N–H and O–H groups in total. The van der Waals surface area contributed by atoms with E-state index in [9.17, 15) is 14.4 Å². The molecule has 2 aromatic rings. The van der Waals surface area contributed by atoms with Crippen LogP contribution in [0.4, 0.5) is 0 Å². The van der Waals surface area contributed by atoms with Gasteiger partial charge in [-0.15, -0.1) is 0 Å². The molecule has 0 aromatic heterocycles. The van der Waals surface area contributed by atoms with Crippen molar-refractivity contribution in [3.05, 3.63) is 71.8 Å². The zero-order chi connectivity index (χ0) is 20.5. The van der Waals surface area contributed by atoms with Crippen molar-refractivity contribution >= 4 is 17.8 Å². The molecule has 0 saturated carbocycles. The Morgan fingerprint density at radius 1 is 0.857 bits per heavy atom. The van der Waals surface area contributed by atoms with Crippen LogP contribution in [0.25, 0.3) is 0 Å². The predicted molar refractivity (Wildman–Crippen MR) is 106 cm³/mol. The summed E-state index contributed by atoms with van der Waals surface area (Å²) in [6.45, 7) is 5.05. The molecule has 148 valence electrons. The van der Waals surface area contributed by atoms with E-state index in [2.05, 4.69) is 10.6 Å². The third-order valence-electron chi connectivity index (χ3n) is 4.27. The van der Waals surface area contributed by atoms with E-state index in [4.69, 9.17) is 4.74 Å². The minimum atomic E-state index is -0.841. The van der Waals surface area contributed by atoms with E-state index in [0.717, 1.165) is 5.56 Å². The summed E-state index contributed by atoms with van der Waals surface area (Å²) in [7, 11) is 0. The van der Waals surface area contributed by atoms with Crippen LogP contribution in [-0.2, 0) is 14.3 Å². The number of rotatable bonds is 8. The van der Waals surface area contributed by atoms with Crippen molar-refractivity contribution in [2.75, 3.05) is 6.61 Å². The minimum Gasteiger partial charge on any atom is -0.454 e. The fraction of sp³-hybridized carbons (Fsp3) is 0.318. The van der Waals surface area contributed by atoms with Crippen molar-refractivity contribution in [3.63, 3.8) is 0 Å². The van der Waals surface area contributed by atoms with Gasteiger partial charge in [0.25, 0.3) is 11.8 Å². The van der Waals surface area contributed by atoms with Gasteiger partial charge in [0.05, 0.1) is 6.04 Å². The molecule has 0 aliphatic rings. The van der Waals surface area contributed by atoms with E-state index in [1.165, 1.54) is 0 Å². The van der Waals surface area contributed by atoms with Gasteiger partial charge in [-0.1, -0.05) is 62.4 Å². The first-order valence-electron chi connectivity index (χ1n) is 9.25. The maximum atomic E-state index is 12.4. The summed E-state index contributed by atoms with van der Waals surface area (Å²) in [6.07, 6.45) is 0. The molecule has 0 bridgehead atoms. The SMILES string of the molecule is CC(C)[C@H](NC(=O)c1ccccc1)C(=O)OCC(=O)N[C@@H](C)c1ccccc1. The lowest BCUT2D eigenvalue weighted by atomic mass is 10.0. The largest absolute Gasteiger partial charge is 0.454 e. The highest BCUT2D eigenvalue weighted by molar-refractivity contribution is 5.97. The van der Waals surface area contributed by atoms with Gasteiger partial charge >= 0.3 is 5.97 Å². The molecule has 2 amide bonds. The van der Waals surface area contributed by atoms with Gasteiger partial charge in [-0.25, -0.2) is 4.79 Å². The molecule has 2 aromatic carbocycles. The Morgan fingerprint density at radius 3 is 2.00 bits per heavy atom. The second kappa shape index (κ2) is 10.3. The average Bonchev–Trinajstić information content (AvgIpc) is 2.71. The molecule has 6 nitrogen and oxygen atoms in total. The van der Waals surface area contributed by atoms with Gasteiger partial charge in [0, 0.05) is 5.56 Å². The Hall–Kier alpha value is -3.15. The molecule has 6 heteroatoms. The van der Waals surface area contributed by atoms with Crippen molar-refractivity contribution in [1.82, 2.24) is 10.6 Å². The summed E-state index contributed by atoms with van der Waals surface area (Å²) in [5.41, 5.74) is 1.41. The van der Waals surface area contributed by atoms with Crippen molar-refractivity contribution in [2.24, 2.45) is 5.92 Å². The summed E-state index contributed by atoms with van der Waals surface area (Å²) >= 11 is 0. The zero-order valence-electron chi connectivity index (χ0n) is 16.3. The second-order valence-corrected chi connectivity index (χ2v) is 6.87. The number of hydrogen-bond donors (Lipinski definition) is 2. The molecule has 28 heavy (non-hydrogen) atoms.